The molecular weight excluding hydrogens is 324 g/mol. The fourth-order valence-corrected chi connectivity index (χ4v) is 3.49. The lowest BCUT2D eigenvalue weighted by Gasteiger charge is -2.36. The average molecular weight is 339 g/mol. The number of halogens is 1. The maximum absolute atomic E-state index is 12.3. The van der Waals surface area contributed by atoms with Crippen LogP contribution in [-0.4, -0.2) is 25.5 Å². The van der Waals surface area contributed by atoms with Crippen LogP contribution in [0.25, 0.3) is 0 Å². The van der Waals surface area contributed by atoms with E-state index in [1.807, 2.05) is 12.1 Å². The summed E-state index contributed by atoms with van der Waals surface area (Å²) in [5.41, 5.74) is 1.74. The first-order chi connectivity index (χ1) is 9.55. The monoisotopic (exact) mass is 338 g/mol. The minimum absolute atomic E-state index is 0.0871. The van der Waals surface area contributed by atoms with Crippen LogP contribution in [0.3, 0.4) is 0 Å². The van der Waals surface area contributed by atoms with Gasteiger partial charge in [0, 0.05) is 10.9 Å². The SMILES string of the molecule is COC(=O)C1COC2(CCc3ccc(Br)cc32)CC1=O. The summed E-state index contributed by atoms with van der Waals surface area (Å²) in [5, 5.41) is 0. The number of fused-ring (bicyclic) bond motifs is 2. The van der Waals surface area contributed by atoms with Crippen LogP contribution in [0, 0.1) is 5.92 Å². The second-order valence-corrected chi connectivity index (χ2v) is 6.24. The number of rotatable bonds is 1. The van der Waals surface area contributed by atoms with E-state index < -0.39 is 17.5 Å². The van der Waals surface area contributed by atoms with Crippen LogP contribution in [0.2, 0.25) is 0 Å². The maximum Gasteiger partial charge on any atom is 0.318 e. The molecule has 1 aliphatic heterocycles. The molecule has 1 fully saturated rings. The Kier molecular flexibility index (Phi) is 3.42. The van der Waals surface area contributed by atoms with Crippen molar-refractivity contribution >= 4 is 27.7 Å². The Morgan fingerprint density at radius 3 is 3.00 bits per heavy atom. The first-order valence-electron chi connectivity index (χ1n) is 6.59. The molecule has 20 heavy (non-hydrogen) atoms. The molecule has 1 aliphatic carbocycles. The summed E-state index contributed by atoms with van der Waals surface area (Å²) in [7, 11) is 1.29. The number of benzene rings is 1. The summed E-state index contributed by atoms with van der Waals surface area (Å²) in [5.74, 6) is -1.37. The third-order valence-electron chi connectivity index (χ3n) is 4.22. The molecule has 1 aromatic rings. The minimum atomic E-state index is -0.776. The summed E-state index contributed by atoms with van der Waals surface area (Å²) in [6.07, 6.45) is 1.94. The lowest BCUT2D eigenvalue weighted by Crippen LogP contribution is -2.44. The third-order valence-corrected chi connectivity index (χ3v) is 4.71. The largest absolute Gasteiger partial charge is 0.468 e. The van der Waals surface area contributed by atoms with Gasteiger partial charge in [-0.15, -0.1) is 0 Å². The van der Waals surface area contributed by atoms with Gasteiger partial charge >= 0.3 is 5.97 Å². The number of hydrogen-bond donors (Lipinski definition) is 0. The third kappa shape index (κ3) is 2.09. The molecule has 0 radical (unpaired) electrons. The van der Waals surface area contributed by atoms with Crippen molar-refractivity contribution in [2.45, 2.75) is 24.9 Å². The molecule has 0 bridgehead atoms. The molecule has 2 atom stereocenters. The topological polar surface area (TPSA) is 52.6 Å². The highest BCUT2D eigenvalue weighted by Crippen LogP contribution is 2.46. The number of carbonyl (C=O) groups excluding carboxylic acids is 2. The number of carbonyl (C=O) groups is 2. The molecule has 4 nitrogen and oxygen atoms in total. The molecule has 1 aromatic carbocycles. The highest BCUT2D eigenvalue weighted by molar-refractivity contribution is 9.10. The molecule has 0 aromatic heterocycles. The fraction of sp³-hybridized carbons (Fsp3) is 0.467. The van der Waals surface area contributed by atoms with Gasteiger partial charge in [0.05, 0.1) is 13.7 Å². The van der Waals surface area contributed by atoms with Crippen LogP contribution in [0.5, 0.6) is 0 Å². The number of Topliss-reactive ketones (excluding diaryl/α,β-unsaturated/α-hetero) is 1. The lowest BCUT2D eigenvalue weighted by atomic mass is 9.83. The summed E-state index contributed by atoms with van der Waals surface area (Å²) >= 11 is 3.46. The zero-order valence-electron chi connectivity index (χ0n) is 11.1. The predicted molar refractivity (Wildman–Crippen MR) is 75.2 cm³/mol. The Labute approximate surface area is 125 Å². The number of ketones is 1. The van der Waals surface area contributed by atoms with Crippen LogP contribution in [-0.2, 0) is 31.1 Å². The predicted octanol–water partition coefficient (Wildman–Crippen LogP) is 2.37. The molecule has 0 saturated carbocycles. The first kappa shape index (κ1) is 13.8. The van der Waals surface area contributed by atoms with Crippen molar-refractivity contribution in [1.29, 1.82) is 0 Å². The van der Waals surface area contributed by atoms with E-state index in [2.05, 4.69) is 26.7 Å². The molecule has 2 unspecified atom stereocenters. The molecular formula is C15H15BrO4. The smallest absolute Gasteiger partial charge is 0.318 e. The van der Waals surface area contributed by atoms with Crippen molar-refractivity contribution in [1.82, 2.24) is 0 Å². The Hall–Kier alpha value is -1.20. The van der Waals surface area contributed by atoms with E-state index in [1.54, 1.807) is 0 Å². The minimum Gasteiger partial charge on any atom is -0.468 e. The number of ether oxygens (including phenoxy) is 2. The van der Waals surface area contributed by atoms with E-state index in [9.17, 15) is 9.59 Å². The molecule has 2 aliphatic rings. The van der Waals surface area contributed by atoms with Crippen LogP contribution >= 0.6 is 15.9 Å². The lowest BCUT2D eigenvalue weighted by molar-refractivity contribution is -0.168. The molecule has 3 rings (SSSR count). The summed E-state index contributed by atoms with van der Waals surface area (Å²) < 4.78 is 11.6. The number of aryl methyl sites for hydroxylation is 1. The quantitative estimate of drug-likeness (QED) is 0.582. The van der Waals surface area contributed by atoms with Gasteiger partial charge in [0.1, 0.15) is 11.5 Å². The van der Waals surface area contributed by atoms with Crippen molar-refractivity contribution < 1.29 is 19.1 Å². The average Bonchev–Trinajstić information content (AvgIpc) is 2.77. The Morgan fingerprint density at radius 1 is 1.50 bits per heavy atom. The van der Waals surface area contributed by atoms with Crippen LogP contribution in [0.4, 0.5) is 0 Å². The first-order valence-corrected chi connectivity index (χ1v) is 7.38. The van der Waals surface area contributed by atoms with Crippen LogP contribution < -0.4 is 0 Å². The van der Waals surface area contributed by atoms with E-state index in [0.717, 1.165) is 22.9 Å². The highest BCUT2D eigenvalue weighted by atomic mass is 79.9. The van der Waals surface area contributed by atoms with Crippen LogP contribution in [0.15, 0.2) is 22.7 Å². The standard InChI is InChI=1S/C15H15BrO4/c1-19-14(18)11-8-20-15(7-13(11)17)5-4-9-2-3-10(16)6-12(9)15/h2-3,6,11H,4-5,7-8H2,1H3. The van der Waals surface area contributed by atoms with E-state index in [4.69, 9.17) is 4.74 Å². The van der Waals surface area contributed by atoms with Crippen molar-refractivity contribution in [2.75, 3.05) is 13.7 Å². The molecule has 1 heterocycles. The van der Waals surface area contributed by atoms with E-state index >= 15 is 0 Å². The maximum atomic E-state index is 12.3. The van der Waals surface area contributed by atoms with Crippen molar-refractivity contribution in [2.24, 2.45) is 5.92 Å². The Balaban J connectivity index is 1.90. The normalized spacial score (nSPS) is 28.5. The summed E-state index contributed by atoms with van der Waals surface area (Å²) in [6.45, 7) is 0.109. The molecule has 106 valence electrons. The van der Waals surface area contributed by atoms with Crippen molar-refractivity contribution in [3.8, 4) is 0 Å². The van der Waals surface area contributed by atoms with Gasteiger partial charge in [0.2, 0.25) is 0 Å². The van der Waals surface area contributed by atoms with Gasteiger partial charge in [-0.25, -0.2) is 0 Å². The zero-order chi connectivity index (χ0) is 14.3. The number of methoxy groups -OCH3 is 1. The molecule has 0 amide bonds. The zero-order valence-corrected chi connectivity index (χ0v) is 12.7. The molecule has 0 N–H and O–H groups in total. The summed E-state index contributed by atoms with van der Waals surface area (Å²) in [6, 6.07) is 6.09. The molecule has 1 spiro atoms. The summed E-state index contributed by atoms with van der Waals surface area (Å²) in [4.78, 5) is 23.8. The van der Waals surface area contributed by atoms with E-state index in [0.29, 0.717) is 0 Å². The van der Waals surface area contributed by atoms with Gasteiger partial charge in [-0.2, -0.15) is 0 Å². The van der Waals surface area contributed by atoms with Gasteiger partial charge in [-0.1, -0.05) is 22.0 Å². The fourth-order valence-electron chi connectivity index (χ4n) is 3.13. The number of esters is 1. The second-order valence-electron chi connectivity index (χ2n) is 5.33. The van der Waals surface area contributed by atoms with E-state index in [1.165, 1.54) is 12.7 Å². The van der Waals surface area contributed by atoms with Gasteiger partial charge in [0.25, 0.3) is 0 Å². The van der Waals surface area contributed by atoms with Gasteiger partial charge in [-0.05, 0) is 36.1 Å². The van der Waals surface area contributed by atoms with Crippen LogP contribution in [0.1, 0.15) is 24.0 Å². The van der Waals surface area contributed by atoms with Crippen molar-refractivity contribution in [3.05, 3.63) is 33.8 Å². The van der Waals surface area contributed by atoms with Gasteiger partial charge in [0.15, 0.2) is 5.78 Å². The Morgan fingerprint density at radius 2 is 2.30 bits per heavy atom. The van der Waals surface area contributed by atoms with E-state index in [-0.39, 0.29) is 18.8 Å². The Bertz CT molecular complexity index is 583. The van der Waals surface area contributed by atoms with Crippen molar-refractivity contribution in [3.63, 3.8) is 0 Å². The van der Waals surface area contributed by atoms with Gasteiger partial charge in [-0.3, -0.25) is 9.59 Å². The van der Waals surface area contributed by atoms with Gasteiger partial charge < -0.3 is 9.47 Å². The molecule has 5 heteroatoms. The number of hydrogen-bond acceptors (Lipinski definition) is 4. The highest BCUT2D eigenvalue weighted by Gasteiger charge is 2.48. The molecule has 1 saturated heterocycles. The second kappa shape index (κ2) is 4.97.